The minimum Gasteiger partial charge on any atom is -0.398 e. The maximum Gasteiger partial charge on any atom is 0.253 e. The summed E-state index contributed by atoms with van der Waals surface area (Å²) >= 11 is 0. The Kier molecular flexibility index (Phi) is 4.39. The third-order valence-corrected chi connectivity index (χ3v) is 2.39. The predicted octanol–water partition coefficient (Wildman–Crippen LogP) is 1.05. The number of carbonyl (C=O) groups is 1. The fraction of sp³-hybridized carbons (Fsp3) is 0.364. The van der Waals surface area contributed by atoms with Gasteiger partial charge in [0.05, 0.1) is 18.2 Å². The molecule has 0 radical (unpaired) electrons. The molecule has 4 N–H and O–H groups in total. The van der Waals surface area contributed by atoms with E-state index in [4.69, 9.17) is 10.8 Å². The van der Waals surface area contributed by atoms with Crippen molar-refractivity contribution in [1.82, 2.24) is 5.32 Å². The zero-order valence-electron chi connectivity index (χ0n) is 9.34. The minimum atomic E-state index is -1.14. The van der Waals surface area contributed by atoms with Gasteiger partial charge in [-0.3, -0.25) is 4.79 Å². The lowest BCUT2D eigenvalue weighted by Gasteiger charge is -2.15. The number of rotatable bonds is 4. The molecule has 0 saturated heterocycles. The molecule has 0 saturated carbocycles. The molecular weight excluding hydrogens is 230 g/mol. The van der Waals surface area contributed by atoms with Crippen LogP contribution in [-0.2, 0) is 0 Å². The zero-order chi connectivity index (χ0) is 13.0. The molecule has 0 aliphatic heterocycles. The second-order valence-electron chi connectivity index (χ2n) is 3.61. The van der Waals surface area contributed by atoms with Gasteiger partial charge in [0, 0.05) is 11.8 Å². The highest BCUT2D eigenvalue weighted by molar-refractivity contribution is 5.99. The van der Waals surface area contributed by atoms with E-state index < -0.39 is 23.6 Å². The Balaban J connectivity index is 2.93. The smallest absolute Gasteiger partial charge is 0.253 e. The molecule has 0 aromatic heterocycles. The Hall–Kier alpha value is -1.69. The molecule has 94 valence electrons. The number of aliphatic hydroxyl groups is 1. The van der Waals surface area contributed by atoms with Gasteiger partial charge in [-0.05, 0) is 12.5 Å². The lowest BCUT2D eigenvalue weighted by molar-refractivity contribution is 0.0915. The number of benzene rings is 1. The summed E-state index contributed by atoms with van der Waals surface area (Å²) in [5.41, 5.74) is 5.13. The van der Waals surface area contributed by atoms with Crippen LogP contribution in [0.3, 0.4) is 0 Å². The lowest BCUT2D eigenvalue weighted by atomic mass is 10.1. The first-order chi connectivity index (χ1) is 7.99. The van der Waals surface area contributed by atoms with Crippen LogP contribution in [0.1, 0.15) is 23.7 Å². The summed E-state index contributed by atoms with van der Waals surface area (Å²) in [6.45, 7) is 1.54. The van der Waals surface area contributed by atoms with Gasteiger partial charge >= 0.3 is 0 Å². The van der Waals surface area contributed by atoms with E-state index in [2.05, 4.69) is 5.32 Å². The first kappa shape index (κ1) is 13.4. The van der Waals surface area contributed by atoms with Gasteiger partial charge in [0.25, 0.3) is 5.91 Å². The number of hydrogen-bond donors (Lipinski definition) is 3. The molecule has 1 amide bonds. The molecule has 17 heavy (non-hydrogen) atoms. The number of halogens is 2. The van der Waals surface area contributed by atoms with E-state index in [0.717, 1.165) is 12.1 Å². The predicted molar refractivity (Wildman–Crippen MR) is 59.4 cm³/mol. The molecule has 1 rings (SSSR count). The van der Waals surface area contributed by atoms with Crippen LogP contribution in [0.2, 0.25) is 0 Å². The normalized spacial score (nSPS) is 12.2. The van der Waals surface area contributed by atoms with E-state index in [9.17, 15) is 13.6 Å². The molecule has 0 aliphatic carbocycles. The monoisotopic (exact) mass is 244 g/mol. The van der Waals surface area contributed by atoms with E-state index in [1.54, 1.807) is 6.92 Å². The summed E-state index contributed by atoms with van der Waals surface area (Å²) in [6, 6.07) is 1.06. The minimum absolute atomic E-state index is 0.143. The summed E-state index contributed by atoms with van der Waals surface area (Å²) in [5, 5.41) is 11.4. The molecule has 0 aliphatic rings. The summed E-state index contributed by atoms with van der Waals surface area (Å²) in [5.74, 6) is -2.88. The van der Waals surface area contributed by atoms with E-state index in [-0.39, 0.29) is 17.9 Å². The second-order valence-corrected chi connectivity index (χ2v) is 3.61. The van der Waals surface area contributed by atoms with Gasteiger partial charge in [0.2, 0.25) is 0 Å². The number of nitrogen functional groups attached to an aromatic ring is 1. The van der Waals surface area contributed by atoms with Crippen molar-refractivity contribution in [3.8, 4) is 0 Å². The van der Waals surface area contributed by atoms with Crippen LogP contribution < -0.4 is 11.1 Å². The van der Waals surface area contributed by atoms with Crippen molar-refractivity contribution < 1.29 is 18.7 Å². The molecule has 6 heteroatoms. The van der Waals surface area contributed by atoms with Gasteiger partial charge in [-0.1, -0.05) is 6.92 Å². The van der Waals surface area contributed by atoms with Crippen molar-refractivity contribution in [2.45, 2.75) is 19.4 Å². The van der Waals surface area contributed by atoms with Gasteiger partial charge < -0.3 is 16.2 Å². The largest absolute Gasteiger partial charge is 0.398 e. The van der Waals surface area contributed by atoms with Gasteiger partial charge in [0.15, 0.2) is 11.6 Å². The van der Waals surface area contributed by atoms with E-state index in [0.29, 0.717) is 6.42 Å². The number of carbonyl (C=O) groups excluding carboxylic acids is 1. The van der Waals surface area contributed by atoms with Crippen LogP contribution in [-0.4, -0.2) is 23.7 Å². The summed E-state index contributed by atoms with van der Waals surface area (Å²) < 4.78 is 25.8. The highest BCUT2D eigenvalue weighted by Crippen LogP contribution is 2.17. The van der Waals surface area contributed by atoms with Crippen LogP contribution in [0.5, 0.6) is 0 Å². The first-order valence-electron chi connectivity index (χ1n) is 5.15. The van der Waals surface area contributed by atoms with Gasteiger partial charge in [0.1, 0.15) is 0 Å². The zero-order valence-corrected chi connectivity index (χ0v) is 9.34. The van der Waals surface area contributed by atoms with Crippen LogP contribution in [0.15, 0.2) is 12.1 Å². The molecule has 1 atom stereocenters. The maximum atomic E-state index is 13.0. The highest BCUT2D eigenvalue weighted by atomic mass is 19.2. The first-order valence-corrected chi connectivity index (χ1v) is 5.15. The number of nitrogens with one attached hydrogen (secondary N) is 1. The Morgan fingerprint density at radius 1 is 1.47 bits per heavy atom. The Labute approximate surface area is 97.4 Å². The number of hydrogen-bond acceptors (Lipinski definition) is 3. The highest BCUT2D eigenvalue weighted by Gasteiger charge is 2.16. The molecule has 0 fully saturated rings. The van der Waals surface area contributed by atoms with E-state index >= 15 is 0 Å². The molecule has 0 spiro atoms. The van der Waals surface area contributed by atoms with Gasteiger partial charge in [-0.15, -0.1) is 0 Å². The molecule has 1 aromatic carbocycles. The van der Waals surface area contributed by atoms with Crippen molar-refractivity contribution in [2.24, 2.45) is 0 Å². The topological polar surface area (TPSA) is 75.3 Å². The van der Waals surface area contributed by atoms with Crippen LogP contribution in [0.4, 0.5) is 14.5 Å². The third kappa shape index (κ3) is 3.13. The maximum absolute atomic E-state index is 13.0. The molecule has 1 aromatic rings. The SMILES string of the molecule is CC[C@@H](CO)NC(=O)c1cc(F)c(F)cc1N. The molecular formula is C11H14F2N2O2. The summed E-state index contributed by atoms with van der Waals surface area (Å²) in [7, 11) is 0. The summed E-state index contributed by atoms with van der Waals surface area (Å²) in [4.78, 5) is 11.7. The number of anilines is 1. The molecule has 0 unspecified atom stereocenters. The molecule has 0 heterocycles. The van der Waals surface area contributed by atoms with Crippen LogP contribution in [0.25, 0.3) is 0 Å². The lowest BCUT2D eigenvalue weighted by Crippen LogP contribution is -2.37. The fourth-order valence-corrected chi connectivity index (χ4v) is 1.30. The van der Waals surface area contributed by atoms with Crippen molar-refractivity contribution >= 4 is 11.6 Å². The standard InChI is InChI=1S/C11H14F2N2O2/c1-2-6(5-16)15-11(17)7-3-8(12)9(13)4-10(7)14/h3-4,6,16H,2,5,14H2,1H3,(H,15,17)/t6-/m0/s1. The Morgan fingerprint density at radius 3 is 2.59 bits per heavy atom. The van der Waals surface area contributed by atoms with Crippen LogP contribution in [0, 0.1) is 11.6 Å². The Morgan fingerprint density at radius 2 is 2.06 bits per heavy atom. The van der Waals surface area contributed by atoms with E-state index in [1.165, 1.54) is 0 Å². The average molecular weight is 244 g/mol. The second kappa shape index (κ2) is 5.58. The number of aliphatic hydroxyl groups excluding tert-OH is 1. The van der Waals surface area contributed by atoms with Gasteiger partial charge in [-0.25, -0.2) is 8.78 Å². The fourth-order valence-electron chi connectivity index (χ4n) is 1.30. The number of amides is 1. The van der Waals surface area contributed by atoms with Crippen molar-refractivity contribution in [3.05, 3.63) is 29.3 Å². The van der Waals surface area contributed by atoms with Crippen LogP contribution >= 0.6 is 0 Å². The Bertz CT molecular complexity index is 420. The summed E-state index contributed by atoms with van der Waals surface area (Å²) in [6.07, 6.45) is 0.520. The quantitative estimate of drug-likeness (QED) is 0.693. The third-order valence-electron chi connectivity index (χ3n) is 2.39. The molecule has 4 nitrogen and oxygen atoms in total. The van der Waals surface area contributed by atoms with Crippen molar-refractivity contribution in [3.63, 3.8) is 0 Å². The average Bonchev–Trinajstić information content (AvgIpc) is 2.30. The molecule has 0 bridgehead atoms. The van der Waals surface area contributed by atoms with E-state index in [1.807, 2.05) is 0 Å². The van der Waals surface area contributed by atoms with Gasteiger partial charge in [-0.2, -0.15) is 0 Å². The van der Waals surface area contributed by atoms with Crippen molar-refractivity contribution in [1.29, 1.82) is 0 Å². The number of nitrogens with two attached hydrogens (primary N) is 1. The van der Waals surface area contributed by atoms with Crippen molar-refractivity contribution in [2.75, 3.05) is 12.3 Å².